The number of esters is 3. The predicted octanol–water partition coefficient (Wildman–Crippen LogP) is 18.7. The lowest BCUT2D eigenvalue weighted by Crippen LogP contribution is -2.30. The summed E-state index contributed by atoms with van der Waals surface area (Å²) < 4.78 is 16.8. The lowest BCUT2D eigenvalue weighted by atomic mass is 10.0. The van der Waals surface area contributed by atoms with Crippen molar-refractivity contribution < 1.29 is 28.6 Å². The Balaban J connectivity index is 4.30. The lowest BCUT2D eigenvalue weighted by molar-refractivity contribution is -0.167. The molecule has 0 N–H and O–H groups in total. The van der Waals surface area contributed by atoms with Crippen LogP contribution in [0.15, 0.2) is 24.3 Å². The Bertz CT molecular complexity index is 1040. The van der Waals surface area contributed by atoms with Crippen LogP contribution in [0.4, 0.5) is 0 Å². The number of carbonyl (C=O) groups excluding carboxylic acids is 3. The average molecular weight is 901 g/mol. The molecule has 0 radical (unpaired) electrons. The molecule has 0 aromatic rings. The van der Waals surface area contributed by atoms with Crippen LogP contribution in [0.25, 0.3) is 0 Å². The van der Waals surface area contributed by atoms with Gasteiger partial charge in [0.1, 0.15) is 13.2 Å². The second kappa shape index (κ2) is 53.5. The molecule has 0 aromatic carbocycles. The van der Waals surface area contributed by atoms with Crippen molar-refractivity contribution in [2.75, 3.05) is 13.2 Å². The summed E-state index contributed by atoms with van der Waals surface area (Å²) in [5, 5.41) is 0. The topological polar surface area (TPSA) is 78.9 Å². The van der Waals surface area contributed by atoms with Gasteiger partial charge >= 0.3 is 17.9 Å². The third-order valence-electron chi connectivity index (χ3n) is 12.7. The van der Waals surface area contributed by atoms with Crippen molar-refractivity contribution in [3.63, 3.8) is 0 Å². The summed E-state index contributed by atoms with van der Waals surface area (Å²) in [5.74, 6) is -0.869. The summed E-state index contributed by atoms with van der Waals surface area (Å²) in [6.45, 7) is 6.65. The van der Waals surface area contributed by atoms with Crippen LogP contribution >= 0.6 is 0 Å². The summed E-state index contributed by atoms with van der Waals surface area (Å²) in [4.78, 5) is 38.0. The highest BCUT2D eigenvalue weighted by Gasteiger charge is 2.19. The van der Waals surface area contributed by atoms with Crippen LogP contribution in [0.2, 0.25) is 0 Å². The van der Waals surface area contributed by atoms with E-state index in [2.05, 4.69) is 45.1 Å². The van der Waals surface area contributed by atoms with Crippen LogP contribution in [0.3, 0.4) is 0 Å². The number of unbranched alkanes of at least 4 members (excludes halogenated alkanes) is 38. The molecule has 0 heterocycles. The van der Waals surface area contributed by atoms with Crippen molar-refractivity contribution >= 4 is 17.9 Å². The lowest BCUT2D eigenvalue weighted by Gasteiger charge is -2.18. The normalized spacial score (nSPS) is 12.1. The van der Waals surface area contributed by atoms with Gasteiger partial charge < -0.3 is 14.2 Å². The second-order valence-electron chi connectivity index (χ2n) is 19.2. The van der Waals surface area contributed by atoms with Crippen molar-refractivity contribution in [3.05, 3.63) is 24.3 Å². The smallest absolute Gasteiger partial charge is 0.306 e. The number of carbonyl (C=O) groups is 3. The first-order valence-corrected chi connectivity index (χ1v) is 28.4. The Morgan fingerprint density at radius 3 is 0.828 bits per heavy atom. The SMILES string of the molecule is CCCCCCCCC/C=C\C=C/CCCCCCCC(=O)OCC(COC(=O)CCCCCCCCCCCC)OC(=O)CCCCCCCCCCCCCCCCCCCC. The van der Waals surface area contributed by atoms with Crippen LogP contribution in [0.5, 0.6) is 0 Å². The van der Waals surface area contributed by atoms with Crippen molar-refractivity contribution in [1.29, 1.82) is 0 Å². The molecule has 0 aromatic heterocycles. The summed E-state index contributed by atoms with van der Waals surface area (Å²) in [6, 6.07) is 0. The molecule has 0 fully saturated rings. The van der Waals surface area contributed by atoms with Crippen LogP contribution in [-0.2, 0) is 28.6 Å². The van der Waals surface area contributed by atoms with E-state index in [1.807, 2.05) is 0 Å². The van der Waals surface area contributed by atoms with Crippen molar-refractivity contribution in [2.24, 2.45) is 0 Å². The Morgan fingerprint density at radius 2 is 0.547 bits per heavy atom. The fourth-order valence-electron chi connectivity index (χ4n) is 8.44. The maximum atomic E-state index is 12.8. The molecule has 0 bridgehead atoms. The van der Waals surface area contributed by atoms with Crippen molar-refractivity contribution in [1.82, 2.24) is 0 Å². The quantitative estimate of drug-likeness (QED) is 0.0262. The molecule has 0 saturated heterocycles. The largest absolute Gasteiger partial charge is 0.462 e. The van der Waals surface area contributed by atoms with Gasteiger partial charge in [0.2, 0.25) is 0 Å². The zero-order chi connectivity index (χ0) is 46.5. The molecule has 1 atom stereocenters. The summed E-state index contributed by atoms with van der Waals surface area (Å²) >= 11 is 0. The number of allylic oxidation sites excluding steroid dienone is 4. The zero-order valence-corrected chi connectivity index (χ0v) is 43.1. The van der Waals surface area contributed by atoms with Crippen molar-refractivity contribution in [3.8, 4) is 0 Å². The van der Waals surface area contributed by atoms with Gasteiger partial charge in [-0.25, -0.2) is 0 Å². The molecule has 0 aliphatic carbocycles. The molecule has 6 nitrogen and oxygen atoms in total. The number of ether oxygens (including phenoxy) is 3. The first kappa shape index (κ1) is 61.9. The molecular weight excluding hydrogens is 793 g/mol. The van der Waals surface area contributed by atoms with Gasteiger partial charge in [0.15, 0.2) is 6.10 Å². The van der Waals surface area contributed by atoms with Gasteiger partial charge in [-0.2, -0.15) is 0 Å². The molecule has 0 rings (SSSR count). The molecule has 6 heteroatoms. The van der Waals surface area contributed by atoms with Crippen molar-refractivity contribution in [2.45, 2.75) is 316 Å². The minimum absolute atomic E-state index is 0.0713. The highest BCUT2D eigenvalue weighted by molar-refractivity contribution is 5.71. The maximum absolute atomic E-state index is 12.8. The van der Waals surface area contributed by atoms with E-state index in [1.165, 1.54) is 193 Å². The highest BCUT2D eigenvalue weighted by atomic mass is 16.6. The predicted molar refractivity (Wildman–Crippen MR) is 275 cm³/mol. The first-order valence-electron chi connectivity index (χ1n) is 28.4. The summed E-state index contributed by atoms with van der Waals surface area (Å²) in [5.41, 5.74) is 0. The van der Waals surface area contributed by atoms with Crippen LogP contribution in [0, 0.1) is 0 Å². The Labute approximate surface area is 398 Å². The van der Waals surface area contributed by atoms with E-state index in [0.29, 0.717) is 19.3 Å². The van der Waals surface area contributed by atoms with Gasteiger partial charge in [0.05, 0.1) is 0 Å². The van der Waals surface area contributed by atoms with Gasteiger partial charge in [-0.05, 0) is 44.9 Å². The highest BCUT2D eigenvalue weighted by Crippen LogP contribution is 2.17. The molecule has 0 aliphatic heterocycles. The third-order valence-corrected chi connectivity index (χ3v) is 12.7. The maximum Gasteiger partial charge on any atom is 0.306 e. The van der Waals surface area contributed by atoms with Gasteiger partial charge in [0.25, 0.3) is 0 Å². The van der Waals surface area contributed by atoms with E-state index in [4.69, 9.17) is 14.2 Å². The fourth-order valence-corrected chi connectivity index (χ4v) is 8.44. The van der Waals surface area contributed by atoms with Gasteiger partial charge in [0, 0.05) is 19.3 Å². The summed E-state index contributed by atoms with van der Waals surface area (Å²) in [7, 11) is 0. The van der Waals surface area contributed by atoms with Gasteiger partial charge in [-0.3, -0.25) is 14.4 Å². The average Bonchev–Trinajstić information content (AvgIpc) is 3.29. The number of hydrogen-bond donors (Lipinski definition) is 0. The standard InChI is InChI=1S/C58H108O6/c1-4-7-10-13-16-19-22-24-26-28-30-32-34-36-39-42-45-48-51-57(60)63-54-55(53-62-56(59)50-47-44-41-38-21-18-15-12-9-6-3)64-58(61)52-49-46-43-40-37-35-33-31-29-27-25-23-20-17-14-11-8-5-2/h26,28,30,32,55H,4-25,27,29,31,33-54H2,1-3H3/b28-26-,32-30-. The van der Waals surface area contributed by atoms with E-state index >= 15 is 0 Å². The molecule has 0 spiro atoms. The minimum Gasteiger partial charge on any atom is -0.462 e. The minimum atomic E-state index is -0.771. The Kier molecular flexibility index (Phi) is 51.7. The molecule has 64 heavy (non-hydrogen) atoms. The van der Waals surface area contributed by atoms with Crippen LogP contribution in [-0.4, -0.2) is 37.2 Å². The Morgan fingerprint density at radius 1 is 0.312 bits per heavy atom. The zero-order valence-electron chi connectivity index (χ0n) is 43.1. The monoisotopic (exact) mass is 901 g/mol. The van der Waals surface area contributed by atoms with Crippen LogP contribution < -0.4 is 0 Å². The van der Waals surface area contributed by atoms with E-state index in [9.17, 15) is 14.4 Å². The number of rotatable bonds is 52. The second-order valence-corrected chi connectivity index (χ2v) is 19.2. The van der Waals surface area contributed by atoms with E-state index < -0.39 is 6.10 Å². The number of hydrogen-bond acceptors (Lipinski definition) is 6. The fraction of sp³-hybridized carbons (Fsp3) is 0.879. The van der Waals surface area contributed by atoms with E-state index in [1.54, 1.807) is 0 Å². The van der Waals surface area contributed by atoms with E-state index in [0.717, 1.165) is 77.0 Å². The molecule has 0 saturated carbocycles. The molecule has 0 amide bonds. The molecule has 376 valence electrons. The third kappa shape index (κ3) is 50.9. The van der Waals surface area contributed by atoms with Crippen LogP contribution in [0.1, 0.15) is 310 Å². The van der Waals surface area contributed by atoms with E-state index in [-0.39, 0.29) is 31.1 Å². The Hall–Kier alpha value is -2.11. The summed E-state index contributed by atoms with van der Waals surface area (Å²) in [6.07, 6.45) is 61.7. The van der Waals surface area contributed by atoms with Gasteiger partial charge in [-0.15, -0.1) is 0 Å². The molecular formula is C58H108O6. The van der Waals surface area contributed by atoms with Gasteiger partial charge in [-0.1, -0.05) is 270 Å². The molecule has 0 aliphatic rings. The first-order chi connectivity index (χ1) is 31.5. The molecule has 1 unspecified atom stereocenters.